The molecule has 0 aromatic heterocycles. The van der Waals surface area contributed by atoms with Gasteiger partial charge in [0, 0.05) is 11.6 Å². The van der Waals surface area contributed by atoms with Gasteiger partial charge in [0.25, 0.3) is 0 Å². The maximum atomic E-state index is 11.7. The fraction of sp³-hybridized carbons (Fsp3) is 0.333. The number of hydrogen-bond donors (Lipinski definition) is 2. The lowest BCUT2D eigenvalue weighted by Crippen LogP contribution is -2.26. The van der Waals surface area contributed by atoms with Gasteiger partial charge in [0.2, 0.25) is 0 Å². The molecule has 0 saturated carbocycles. The van der Waals surface area contributed by atoms with E-state index in [0.717, 1.165) is 0 Å². The summed E-state index contributed by atoms with van der Waals surface area (Å²) in [6.07, 6.45) is -0.791. The number of halogens is 2. The minimum Gasteiger partial charge on any atom is -0.391 e. The lowest BCUT2D eigenvalue weighted by Gasteiger charge is -2.08. The summed E-state index contributed by atoms with van der Waals surface area (Å²) in [4.78, 5) is 0.427. The zero-order valence-electron chi connectivity index (χ0n) is 7.82. The molecule has 15 heavy (non-hydrogen) atoms. The van der Waals surface area contributed by atoms with Crippen LogP contribution in [0.2, 0.25) is 10.0 Å². The third kappa shape index (κ3) is 3.74. The van der Waals surface area contributed by atoms with Crippen molar-refractivity contribution in [2.45, 2.75) is 11.0 Å². The van der Waals surface area contributed by atoms with Crippen molar-refractivity contribution < 1.29 is 9.32 Å². The molecule has 0 bridgehead atoms. The third-order valence-electron chi connectivity index (χ3n) is 1.75. The quantitative estimate of drug-likeness (QED) is 0.868. The molecular weight excluding hydrogens is 257 g/mol. The summed E-state index contributed by atoms with van der Waals surface area (Å²) in [5, 5.41) is 10.1. The number of nitrogens with two attached hydrogens (primary N) is 1. The van der Waals surface area contributed by atoms with Crippen LogP contribution in [0.15, 0.2) is 23.1 Å². The molecule has 84 valence electrons. The van der Waals surface area contributed by atoms with Gasteiger partial charge in [-0.05, 0) is 18.2 Å². The molecule has 1 rings (SSSR count). The Morgan fingerprint density at radius 3 is 2.73 bits per heavy atom. The maximum Gasteiger partial charge on any atom is 0.0781 e. The van der Waals surface area contributed by atoms with Gasteiger partial charge in [-0.2, -0.15) is 0 Å². The molecule has 6 heteroatoms. The second kappa shape index (κ2) is 5.82. The van der Waals surface area contributed by atoms with Crippen LogP contribution in [0.4, 0.5) is 0 Å². The van der Waals surface area contributed by atoms with Crippen LogP contribution in [0, 0.1) is 0 Å². The van der Waals surface area contributed by atoms with E-state index in [1.54, 1.807) is 12.1 Å². The Morgan fingerprint density at radius 2 is 2.13 bits per heavy atom. The van der Waals surface area contributed by atoms with E-state index in [9.17, 15) is 9.32 Å². The molecule has 3 nitrogen and oxygen atoms in total. The minimum atomic E-state index is -1.38. The topological polar surface area (TPSA) is 63.3 Å². The molecule has 0 saturated heterocycles. The van der Waals surface area contributed by atoms with Crippen molar-refractivity contribution in [1.82, 2.24) is 0 Å². The Hall–Kier alpha value is -0.130. The fourth-order valence-corrected chi connectivity index (χ4v) is 2.81. The van der Waals surface area contributed by atoms with Crippen molar-refractivity contribution in [3.8, 4) is 0 Å². The number of aliphatic hydroxyl groups excluding tert-OH is 1. The first kappa shape index (κ1) is 12.9. The summed E-state index contributed by atoms with van der Waals surface area (Å²) in [7, 11) is -1.38. The average Bonchev–Trinajstić information content (AvgIpc) is 2.21. The molecule has 1 aromatic carbocycles. The second-order valence-electron chi connectivity index (χ2n) is 2.98. The molecule has 1 aromatic rings. The molecular formula is C9H11Cl2NO2S. The molecule has 0 spiro atoms. The molecule has 0 aliphatic carbocycles. The van der Waals surface area contributed by atoms with Crippen LogP contribution < -0.4 is 5.73 Å². The van der Waals surface area contributed by atoms with Crippen molar-refractivity contribution in [2.24, 2.45) is 5.73 Å². The van der Waals surface area contributed by atoms with Crippen molar-refractivity contribution in [3.05, 3.63) is 28.2 Å². The molecule has 3 N–H and O–H groups in total. The molecule has 0 heterocycles. The highest BCUT2D eigenvalue weighted by atomic mass is 35.5. The monoisotopic (exact) mass is 267 g/mol. The predicted molar refractivity (Wildman–Crippen MR) is 62.8 cm³/mol. The van der Waals surface area contributed by atoms with E-state index in [-0.39, 0.29) is 12.3 Å². The van der Waals surface area contributed by atoms with Crippen LogP contribution in [0.25, 0.3) is 0 Å². The first-order valence-electron chi connectivity index (χ1n) is 4.26. The predicted octanol–water partition coefficient (Wildman–Crippen LogP) is 1.42. The molecule has 0 fully saturated rings. The van der Waals surface area contributed by atoms with Crippen molar-refractivity contribution in [2.75, 3.05) is 12.3 Å². The Bertz CT molecular complexity index is 373. The van der Waals surface area contributed by atoms with Crippen molar-refractivity contribution >= 4 is 34.0 Å². The molecule has 0 aliphatic rings. The zero-order chi connectivity index (χ0) is 11.4. The van der Waals surface area contributed by atoms with Crippen molar-refractivity contribution in [3.63, 3.8) is 0 Å². The normalized spacial score (nSPS) is 14.9. The van der Waals surface area contributed by atoms with E-state index in [1.165, 1.54) is 6.07 Å². The SMILES string of the molecule is NCC(O)CS(=O)c1cc(Cl)ccc1Cl. The van der Waals surface area contributed by atoms with Gasteiger partial charge in [-0.25, -0.2) is 0 Å². The summed E-state index contributed by atoms with van der Waals surface area (Å²) >= 11 is 11.6. The molecule has 0 amide bonds. The summed E-state index contributed by atoms with van der Waals surface area (Å²) < 4.78 is 11.7. The van der Waals surface area contributed by atoms with Gasteiger partial charge in [0.05, 0.1) is 32.6 Å². The second-order valence-corrected chi connectivity index (χ2v) is 5.28. The van der Waals surface area contributed by atoms with Gasteiger partial charge in [-0.15, -0.1) is 0 Å². The Labute approximate surface area is 101 Å². The highest BCUT2D eigenvalue weighted by molar-refractivity contribution is 7.85. The van der Waals surface area contributed by atoms with Gasteiger partial charge in [0.1, 0.15) is 0 Å². The van der Waals surface area contributed by atoms with E-state index in [4.69, 9.17) is 28.9 Å². The molecule has 2 unspecified atom stereocenters. The molecule has 0 radical (unpaired) electrons. The Kier molecular flexibility index (Phi) is 5.02. The first-order chi connectivity index (χ1) is 7.04. The van der Waals surface area contributed by atoms with Gasteiger partial charge in [-0.1, -0.05) is 23.2 Å². The van der Waals surface area contributed by atoms with E-state index < -0.39 is 16.9 Å². The first-order valence-corrected chi connectivity index (χ1v) is 6.33. The summed E-state index contributed by atoms with van der Waals surface area (Å²) in [6, 6.07) is 4.72. The van der Waals surface area contributed by atoms with Crippen LogP contribution in [0.3, 0.4) is 0 Å². The van der Waals surface area contributed by atoms with Gasteiger partial charge < -0.3 is 10.8 Å². The fourth-order valence-electron chi connectivity index (χ4n) is 0.984. The van der Waals surface area contributed by atoms with Crippen LogP contribution in [-0.2, 0) is 10.8 Å². The van der Waals surface area contributed by atoms with Crippen LogP contribution in [0.1, 0.15) is 0 Å². The van der Waals surface area contributed by atoms with Gasteiger partial charge in [-0.3, -0.25) is 4.21 Å². The Morgan fingerprint density at radius 1 is 1.47 bits per heavy atom. The van der Waals surface area contributed by atoms with E-state index in [1.807, 2.05) is 0 Å². The van der Waals surface area contributed by atoms with Crippen LogP contribution >= 0.6 is 23.2 Å². The number of rotatable bonds is 4. The smallest absolute Gasteiger partial charge is 0.0781 e. The minimum absolute atomic E-state index is 0.0660. The molecule has 0 aliphatic heterocycles. The number of benzene rings is 1. The standard InChI is InChI=1S/C9H11Cl2NO2S/c10-6-1-2-8(11)9(3-6)15(14)5-7(13)4-12/h1-3,7,13H,4-5,12H2. The largest absolute Gasteiger partial charge is 0.391 e. The van der Waals surface area contributed by atoms with E-state index >= 15 is 0 Å². The summed E-state index contributed by atoms with van der Waals surface area (Å²) in [5.74, 6) is 0.0660. The highest BCUT2D eigenvalue weighted by Gasteiger charge is 2.13. The van der Waals surface area contributed by atoms with Crippen LogP contribution in [-0.4, -0.2) is 27.7 Å². The lowest BCUT2D eigenvalue weighted by molar-refractivity contribution is 0.207. The van der Waals surface area contributed by atoms with Gasteiger partial charge >= 0.3 is 0 Å². The summed E-state index contributed by atoms with van der Waals surface area (Å²) in [5.41, 5.74) is 5.22. The number of aliphatic hydroxyl groups is 1. The van der Waals surface area contributed by atoms with E-state index in [2.05, 4.69) is 0 Å². The van der Waals surface area contributed by atoms with E-state index in [0.29, 0.717) is 14.9 Å². The maximum absolute atomic E-state index is 11.7. The Balaban J connectivity index is 2.86. The third-order valence-corrected chi connectivity index (χ3v) is 3.95. The zero-order valence-corrected chi connectivity index (χ0v) is 10.1. The van der Waals surface area contributed by atoms with Crippen molar-refractivity contribution in [1.29, 1.82) is 0 Å². The number of hydrogen-bond acceptors (Lipinski definition) is 3. The van der Waals surface area contributed by atoms with Crippen LogP contribution in [0.5, 0.6) is 0 Å². The highest BCUT2D eigenvalue weighted by Crippen LogP contribution is 2.24. The molecule has 2 atom stereocenters. The summed E-state index contributed by atoms with van der Waals surface area (Å²) in [6.45, 7) is 0.0733. The lowest BCUT2D eigenvalue weighted by atomic mass is 10.4. The average molecular weight is 268 g/mol. The van der Waals surface area contributed by atoms with Gasteiger partial charge in [0.15, 0.2) is 0 Å².